The van der Waals surface area contributed by atoms with Gasteiger partial charge in [0.15, 0.2) is 5.65 Å². The summed E-state index contributed by atoms with van der Waals surface area (Å²) in [7, 11) is 1.76. The highest BCUT2D eigenvalue weighted by atomic mass is 16.5. The number of benzene rings is 1. The number of nitrogens with zero attached hydrogens (tertiary/aromatic N) is 3. The molecule has 1 aromatic carbocycles. The molecule has 0 bridgehead atoms. The summed E-state index contributed by atoms with van der Waals surface area (Å²) < 4.78 is 13.7. The van der Waals surface area contributed by atoms with Gasteiger partial charge in [0.25, 0.3) is 0 Å². The predicted octanol–water partition coefficient (Wildman–Crippen LogP) is 4.36. The number of aryl methyl sites for hydroxylation is 2. The minimum Gasteiger partial charge on any atom is -0.496 e. The summed E-state index contributed by atoms with van der Waals surface area (Å²) >= 11 is 0. The lowest BCUT2D eigenvalue weighted by atomic mass is 9.67. The summed E-state index contributed by atoms with van der Waals surface area (Å²) in [6.45, 7) is 10.9. The van der Waals surface area contributed by atoms with Gasteiger partial charge in [-0.3, -0.25) is 0 Å². The first-order valence-corrected chi connectivity index (χ1v) is 11.1. The molecule has 6 heteroatoms. The molecular weight excluding hydrogens is 388 g/mol. The number of fused-ring (bicyclic) bond motifs is 1. The van der Waals surface area contributed by atoms with E-state index < -0.39 is 0 Å². The van der Waals surface area contributed by atoms with Crippen LogP contribution < -0.4 is 10.1 Å². The second-order valence-corrected chi connectivity index (χ2v) is 9.39. The lowest BCUT2D eigenvalue weighted by Crippen LogP contribution is -2.45. The smallest absolute Gasteiger partial charge is 0.159 e. The Hall–Kier alpha value is -2.44. The number of ether oxygens (including phenoxy) is 2. The van der Waals surface area contributed by atoms with Gasteiger partial charge in [-0.15, -0.1) is 0 Å². The SMILES string of the molecule is COc1ccccc1C1(CCNCc2cnn3c(C)cc(C)nc23)CCOC(C)(C)C1. The van der Waals surface area contributed by atoms with Crippen molar-refractivity contribution >= 4 is 5.65 Å². The van der Waals surface area contributed by atoms with Crippen molar-refractivity contribution in [2.75, 3.05) is 20.3 Å². The monoisotopic (exact) mass is 422 g/mol. The largest absolute Gasteiger partial charge is 0.496 e. The highest BCUT2D eigenvalue weighted by Gasteiger charge is 2.43. The number of para-hydroxylation sites is 1. The Morgan fingerprint density at radius 2 is 2.03 bits per heavy atom. The van der Waals surface area contributed by atoms with Gasteiger partial charge in [0.05, 0.1) is 18.9 Å². The summed E-state index contributed by atoms with van der Waals surface area (Å²) in [5, 5.41) is 8.16. The fraction of sp³-hybridized carbons (Fsp3) is 0.520. The summed E-state index contributed by atoms with van der Waals surface area (Å²) in [5.74, 6) is 0.970. The second-order valence-electron chi connectivity index (χ2n) is 9.39. The van der Waals surface area contributed by atoms with E-state index >= 15 is 0 Å². The Morgan fingerprint density at radius 3 is 2.81 bits per heavy atom. The molecule has 1 N–H and O–H groups in total. The van der Waals surface area contributed by atoms with Crippen molar-refractivity contribution < 1.29 is 9.47 Å². The minimum absolute atomic E-state index is 0.0217. The van der Waals surface area contributed by atoms with Crippen molar-refractivity contribution in [1.29, 1.82) is 0 Å². The molecule has 1 fully saturated rings. The maximum atomic E-state index is 6.07. The van der Waals surface area contributed by atoms with Crippen LogP contribution in [0.1, 0.15) is 55.6 Å². The van der Waals surface area contributed by atoms with Gasteiger partial charge in [-0.05, 0) is 65.6 Å². The van der Waals surface area contributed by atoms with Crippen LogP contribution in [-0.2, 0) is 16.7 Å². The van der Waals surface area contributed by atoms with Gasteiger partial charge in [0.1, 0.15) is 5.75 Å². The summed E-state index contributed by atoms with van der Waals surface area (Å²) in [5.41, 5.74) is 5.36. The number of rotatable bonds is 7. The van der Waals surface area contributed by atoms with E-state index in [-0.39, 0.29) is 11.0 Å². The van der Waals surface area contributed by atoms with E-state index in [1.807, 2.05) is 23.7 Å². The zero-order valence-electron chi connectivity index (χ0n) is 19.4. The number of nitrogens with one attached hydrogen (secondary N) is 1. The first kappa shape index (κ1) is 21.8. The van der Waals surface area contributed by atoms with Crippen LogP contribution in [0, 0.1) is 13.8 Å². The molecule has 166 valence electrons. The average molecular weight is 423 g/mol. The molecule has 6 nitrogen and oxygen atoms in total. The molecule has 31 heavy (non-hydrogen) atoms. The van der Waals surface area contributed by atoms with Gasteiger partial charge >= 0.3 is 0 Å². The average Bonchev–Trinajstić information content (AvgIpc) is 3.13. The Labute approximate surface area is 185 Å². The van der Waals surface area contributed by atoms with E-state index in [4.69, 9.17) is 14.5 Å². The molecule has 3 heterocycles. The Morgan fingerprint density at radius 1 is 1.23 bits per heavy atom. The van der Waals surface area contributed by atoms with E-state index in [9.17, 15) is 0 Å². The molecule has 0 amide bonds. The molecule has 4 rings (SSSR count). The lowest BCUT2D eigenvalue weighted by molar-refractivity contribution is -0.0843. The van der Waals surface area contributed by atoms with Crippen molar-refractivity contribution in [3.05, 3.63) is 59.0 Å². The van der Waals surface area contributed by atoms with Crippen LogP contribution in [0.4, 0.5) is 0 Å². The standard InChI is InChI=1S/C25H34N4O2/c1-18-14-19(2)29-23(28-18)20(16-27-29)15-26-12-10-25(11-13-31-24(3,4)17-25)21-8-6-7-9-22(21)30-5/h6-9,14,16,26H,10-13,15,17H2,1-5H3. The first-order chi connectivity index (χ1) is 14.8. The number of aromatic nitrogens is 3. The first-order valence-electron chi connectivity index (χ1n) is 11.1. The number of hydrogen-bond acceptors (Lipinski definition) is 5. The lowest BCUT2D eigenvalue weighted by Gasteiger charge is -2.46. The Balaban J connectivity index is 1.51. The number of hydrogen-bond donors (Lipinski definition) is 1. The molecule has 1 unspecified atom stereocenters. The molecule has 1 atom stereocenters. The third-order valence-corrected chi connectivity index (χ3v) is 6.46. The molecule has 3 aromatic rings. The zero-order chi connectivity index (χ0) is 22.1. The van der Waals surface area contributed by atoms with Crippen LogP contribution >= 0.6 is 0 Å². The highest BCUT2D eigenvalue weighted by Crippen LogP contribution is 2.46. The molecule has 0 radical (unpaired) electrons. The Kier molecular flexibility index (Phi) is 6.04. The summed E-state index contributed by atoms with van der Waals surface area (Å²) in [6.07, 6.45) is 4.91. The van der Waals surface area contributed by atoms with Gasteiger partial charge in [-0.2, -0.15) is 5.10 Å². The molecule has 0 spiro atoms. The van der Waals surface area contributed by atoms with Crippen LogP contribution in [0.2, 0.25) is 0 Å². The number of methoxy groups -OCH3 is 1. The van der Waals surface area contributed by atoms with Crippen molar-refractivity contribution in [1.82, 2.24) is 19.9 Å². The maximum Gasteiger partial charge on any atom is 0.159 e. The van der Waals surface area contributed by atoms with Gasteiger partial charge in [-0.25, -0.2) is 9.50 Å². The normalized spacial score (nSPS) is 20.8. The van der Waals surface area contributed by atoms with E-state index in [0.717, 1.165) is 67.3 Å². The van der Waals surface area contributed by atoms with Gasteiger partial charge in [0, 0.05) is 41.1 Å². The second kappa shape index (κ2) is 8.60. The van der Waals surface area contributed by atoms with Crippen molar-refractivity contribution in [2.24, 2.45) is 0 Å². The predicted molar refractivity (Wildman–Crippen MR) is 123 cm³/mol. The zero-order valence-corrected chi connectivity index (χ0v) is 19.4. The van der Waals surface area contributed by atoms with Crippen LogP contribution in [0.25, 0.3) is 5.65 Å². The summed E-state index contributed by atoms with van der Waals surface area (Å²) in [4.78, 5) is 4.70. The van der Waals surface area contributed by atoms with E-state index in [1.165, 1.54) is 5.56 Å². The minimum atomic E-state index is -0.152. The third kappa shape index (κ3) is 4.46. The van der Waals surface area contributed by atoms with Crippen LogP contribution in [-0.4, -0.2) is 40.5 Å². The molecule has 1 saturated heterocycles. The van der Waals surface area contributed by atoms with Crippen LogP contribution in [0.15, 0.2) is 36.5 Å². The molecule has 0 saturated carbocycles. The van der Waals surface area contributed by atoms with Gasteiger partial charge < -0.3 is 14.8 Å². The summed E-state index contributed by atoms with van der Waals surface area (Å²) in [6, 6.07) is 10.5. The van der Waals surface area contributed by atoms with E-state index in [1.54, 1.807) is 7.11 Å². The fourth-order valence-corrected chi connectivity index (χ4v) is 5.13. The fourth-order valence-electron chi connectivity index (χ4n) is 5.13. The maximum absolute atomic E-state index is 6.07. The van der Waals surface area contributed by atoms with Crippen LogP contribution in [0.5, 0.6) is 5.75 Å². The third-order valence-electron chi connectivity index (χ3n) is 6.46. The molecule has 1 aliphatic heterocycles. The molecule has 2 aromatic heterocycles. The van der Waals surface area contributed by atoms with E-state index in [0.29, 0.717) is 0 Å². The molecule has 0 aliphatic carbocycles. The molecule has 1 aliphatic rings. The van der Waals surface area contributed by atoms with Crippen LogP contribution in [0.3, 0.4) is 0 Å². The molecular formula is C25H34N4O2. The van der Waals surface area contributed by atoms with Crippen molar-refractivity contribution in [2.45, 2.75) is 64.5 Å². The van der Waals surface area contributed by atoms with Crippen molar-refractivity contribution in [3.63, 3.8) is 0 Å². The van der Waals surface area contributed by atoms with Gasteiger partial charge in [-0.1, -0.05) is 18.2 Å². The van der Waals surface area contributed by atoms with Gasteiger partial charge in [0.2, 0.25) is 0 Å². The highest BCUT2D eigenvalue weighted by molar-refractivity contribution is 5.48. The van der Waals surface area contributed by atoms with E-state index in [2.05, 4.69) is 55.5 Å². The van der Waals surface area contributed by atoms with Crippen molar-refractivity contribution in [3.8, 4) is 5.75 Å². The quantitative estimate of drug-likeness (QED) is 0.573. The Bertz CT molecular complexity index is 1060. The topological polar surface area (TPSA) is 60.7 Å².